The molecule has 3 saturated carbocycles. The van der Waals surface area contributed by atoms with Crippen molar-refractivity contribution in [3.8, 4) is 0 Å². The molecule has 0 bridgehead atoms. The molecule has 0 saturated heterocycles. The number of Topliss-reactive ketones (excluding diaryl/α,β-unsaturated/α-hetero) is 1. The number of carbonyl (C=O) groups excluding carboxylic acids is 1. The van der Waals surface area contributed by atoms with E-state index in [1.807, 2.05) is 0 Å². The van der Waals surface area contributed by atoms with Gasteiger partial charge in [0, 0.05) is 5.92 Å². The Kier molecular flexibility index (Phi) is 3.78. The Labute approximate surface area is 145 Å². The maximum atomic E-state index is 12.2. The molecule has 4 rings (SSSR count). The van der Waals surface area contributed by atoms with Gasteiger partial charge in [0.2, 0.25) is 0 Å². The summed E-state index contributed by atoms with van der Waals surface area (Å²) in [7, 11) is 0. The van der Waals surface area contributed by atoms with Gasteiger partial charge < -0.3 is 10.2 Å². The molecule has 0 aliphatic heterocycles. The number of ketones is 1. The molecule has 8 atom stereocenters. The van der Waals surface area contributed by atoms with E-state index in [1.54, 1.807) is 6.92 Å². The van der Waals surface area contributed by atoms with Crippen molar-refractivity contribution in [3.05, 3.63) is 11.6 Å². The molecule has 0 heterocycles. The number of hydrogen-bond donors (Lipinski definition) is 2. The topological polar surface area (TPSA) is 57.5 Å². The van der Waals surface area contributed by atoms with Gasteiger partial charge in [0.15, 0.2) is 0 Å². The molecule has 0 unspecified atom stereocenters. The highest BCUT2D eigenvalue weighted by atomic mass is 16.3. The van der Waals surface area contributed by atoms with E-state index in [1.165, 1.54) is 5.57 Å². The number of aliphatic hydroxyl groups is 2. The molecule has 3 nitrogen and oxygen atoms in total. The van der Waals surface area contributed by atoms with E-state index in [0.717, 1.165) is 44.9 Å². The van der Waals surface area contributed by atoms with Crippen LogP contribution in [-0.4, -0.2) is 28.2 Å². The average Bonchev–Trinajstić information content (AvgIpc) is 2.86. The predicted molar refractivity (Wildman–Crippen MR) is 93.3 cm³/mol. The van der Waals surface area contributed by atoms with Gasteiger partial charge in [-0.1, -0.05) is 25.5 Å². The molecule has 0 aromatic carbocycles. The third-order valence-corrected chi connectivity index (χ3v) is 8.59. The van der Waals surface area contributed by atoms with E-state index in [2.05, 4.69) is 19.9 Å². The molecule has 0 aromatic heterocycles. The van der Waals surface area contributed by atoms with Crippen LogP contribution in [0.4, 0.5) is 0 Å². The molecule has 24 heavy (non-hydrogen) atoms. The molecule has 134 valence electrons. The zero-order valence-electron chi connectivity index (χ0n) is 15.3. The summed E-state index contributed by atoms with van der Waals surface area (Å²) in [4.78, 5) is 12.2. The number of rotatable bonds is 1. The molecular weight excluding hydrogens is 300 g/mol. The van der Waals surface area contributed by atoms with E-state index < -0.39 is 6.10 Å². The first-order chi connectivity index (χ1) is 11.3. The Bertz CT molecular complexity index is 582. The maximum absolute atomic E-state index is 12.2. The first-order valence-electron chi connectivity index (χ1n) is 9.85. The number of carbonyl (C=O) groups is 1. The monoisotopic (exact) mass is 332 g/mol. The molecule has 0 radical (unpaired) electrons. The lowest BCUT2D eigenvalue weighted by Crippen LogP contribution is -2.55. The lowest BCUT2D eigenvalue weighted by molar-refractivity contribution is -0.130. The van der Waals surface area contributed by atoms with Crippen LogP contribution in [0.15, 0.2) is 11.6 Å². The number of aliphatic hydroxyl groups excluding tert-OH is 2. The lowest BCUT2D eigenvalue weighted by Gasteiger charge is -2.59. The summed E-state index contributed by atoms with van der Waals surface area (Å²) in [6.45, 7) is 6.43. The van der Waals surface area contributed by atoms with E-state index in [9.17, 15) is 15.0 Å². The first-order valence-corrected chi connectivity index (χ1v) is 9.85. The van der Waals surface area contributed by atoms with Crippen molar-refractivity contribution in [2.75, 3.05) is 0 Å². The van der Waals surface area contributed by atoms with Crippen LogP contribution >= 0.6 is 0 Å². The summed E-state index contributed by atoms with van der Waals surface area (Å²) in [6.07, 6.45) is 8.39. The SMILES string of the molecule is CC(=O)[C@H]1CC[C@@H]2[C@H]3[C@@H](CC[C@]12C)[C@@]1(C)CC[C@H](O)CC1=C[C@@H]3O. The summed E-state index contributed by atoms with van der Waals surface area (Å²) >= 11 is 0. The van der Waals surface area contributed by atoms with Crippen molar-refractivity contribution >= 4 is 5.78 Å². The molecule has 4 aliphatic rings. The van der Waals surface area contributed by atoms with Crippen LogP contribution in [0.3, 0.4) is 0 Å². The van der Waals surface area contributed by atoms with Gasteiger partial charge in [0.05, 0.1) is 12.2 Å². The third-order valence-electron chi connectivity index (χ3n) is 8.59. The molecule has 0 amide bonds. The zero-order chi connectivity index (χ0) is 17.3. The second-order valence-electron chi connectivity index (χ2n) is 9.57. The summed E-state index contributed by atoms with van der Waals surface area (Å²) < 4.78 is 0. The molecule has 4 aliphatic carbocycles. The standard InChI is InChI=1S/C21H32O3/c1-12(22)15-4-5-16-19-17(7-9-21(15,16)3)20(2)8-6-14(23)10-13(20)11-18(19)24/h11,14-19,23-24H,4-10H2,1-3H3/t14-,15+,16+,17+,18-,19-,20-,21+/m0/s1. The molecule has 2 N–H and O–H groups in total. The van der Waals surface area contributed by atoms with Crippen LogP contribution in [0.5, 0.6) is 0 Å². The van der Waals surface area contributed by atoms with Gasteiger partial charge >= 0.3 is 0 Å². The van der Waals surface area contributed by atoms with Crippen molar-refractivity contribution in [1.29, 1.82) is 0 Å². The Hall–Kier alpha value is -0.670. The van der Waals surface area contributed by atoms with Crippen molar-refractivity contribution in [3.63, 3.8) is 0 Å². The van der Waals surface area contributed by atoms with Crippen LogP contribution in [0.2, 0.25) is 0 Å². The lowest BCUT2D eigenvalue weighted by atomic mass is 9.46. The van der Waals surface area contributed by atoms with Crippen LogP contribution in [0.25, 0.3) is 0 Å². The summed E-state index contributed by atoms with van der Waals surface area (Å²) in [5.74, 6) is 1.77. The molecule has 0 spiro atoms. The Morgan fingerprint density at radius 2 is 1.83 bits per heavy atom. The average molecular weight is 332 g/mol. The van der Waals surface area contributed by atoms with Crippen LogP contribution in [-0.2, 0) is 4.79 Å². The van der Waals surface area contributed by atoms with Gasteiger partial charge in [-0.15, -0.1) is 0 Å². The van der Waals surface area contributed by atoms with Gasteiger partial charge in [0.1, 0.15) is 5.78 Å². The predicted octanol–water partition coefficient (Wildman–Crippen LogP) is 3.49. The highest BCUT2D eigenvalue weighted by Gasteiger charge is 2.61. The first kappa shape index (κ1) is 16.8. The summed E-state index contributed by atoms with van der Waals surface area (Å²) in [6, 6.07) is 0. The van der Waals surface area contributed by atoms with Crippen LogP contribution < -0.4 is 0 Å². The quantitative estimate of drug-likeness (QED) is 0.723. The second kappa shape index (κ2) is 5.41. The molecule has 3 heteroatoms. The third kappa shape index (κ3) is 2.13. The largest absolute Gasteiger partial charge is 0.393 e. The highest BCUT2D eigenvalue weighted by molar-refractivity contribution is 5.79. The van der Waals surface area contributed by atoms with Crippen molar-refractivity contribution in [2.24, 2.45) is 34.5 Å². The Morgan fingerprint density at radius 3 is 2.54 bits per heavy atom. The fourth-order valence-electron chi connectivity index (χ4n) is 7.30. The second-order valence-corrected chi connectivity index (χ2v) is 9.57. The van der Waals surface area contributed by atoms with Crippen molar-refractivity contribution in [1.82, 2.24) is 0 Å². The van der Waals surface area contributed by atoms with E-state index in [-0.39, 0.29) is 28.8 Å². The Balaban J connectivity index is 1.71. The van der Waals surface area contributed by atoms with Gasteiger partial charge in [0.25, 0.3) is 0 Å². The minimum absolute atomic E-state index is 0.0733. The van der Waals surface area contributed by atoms with Gasteiger partial charge in [-0.05, 0) is 80.5 Å². The van der Waals surface area contributed by atoms with E-state index in [4.69, 9.17) is 0 Å². The number of hydrogen-bond acceptors (Lipinski definition) is 3. The maximum Gasteiger partial charge on any atom is 0.133 e. The highest BCUT2D eigenvalue weighted by Crippen LogP contribution is 2.66. The summed E-state index contributed by atoms with van der Waals surface area (Å²) in [5, 5.41) is 21.1. The fraction of sp³-hybridized carbons (Fsp3) is 0.857. The Morgan fingerprint density at radius 1 is 1.08 bits per heavy atom. The van der Waals surface area contributed by atoms with E-state index in [0.29, 0.717) is 17.6 Å². The van der Waals surface area contributed by atoms with Crippen molar-refractivity contribution < 1.29 is 15.0 Å². The smallest absolute Gasteiger partial charge is 0.133 e. The summed E-state index contributed by atoms with van der Waals surface area (Å²) in [5.41, 5.74) is 1.50. The van der Waals surface area contributed by atoms with Crippen LogP contribution in [0, 0.1) is 34.5 Å². The van der Waals surface area contributed by atoms with Gasteiger partial charge in [-0.3, -0.25) is 4.79 Å². The fourth-order valence-corrected chi connectivity index (χ4v) is 7.30. The number of fused-ring (bicyclic) bond motifs is 5. The van der Waals surface area contributed by atoms with Crippen molar-refractivity contribution in [2.45, 2.75) is 77.9 Å². The minimum atomic E-state index is -0.404. The molecule has 3 fully saturated rings. The van der Waals surface area contributed by atoms with Gasteiger partial charge in [-0.2, -0.15) is 0 Å². The molecule has 0 aromatic rings. The zero-order valence-corrected chi connectivity index (χ0v) is 15.3. The van der Waals surface area contributed by atoms with E-state index >= 15 is 0 Å². The molecular formula is C21H32O3. The normalized spacial score (nSPS) is 53.6. The minimum Gasteiger partial charge on any atom is -0.393 e. The van der Waals surface area contributed by atoms with Gasteiger partial charge in [-0.25, -0.2) is 0 Å². The van der Waals surface area contributed by atoms with Crippen LogP contribution in [0.1, 0.15) is 65.7 Å².